The van der Waals surface area contributed by atoms with Gasteiger partial charge in [-0.05, 0) is 12.1 Å². The molecule has 94 valence electrons. The lowest BCUT2D eigenvalue weighted by molar-refractivity contribution is 0.393. The van der Waals surface area contributed by atoms with E-state index in [0.717, 1.165) is 6.07 Å². The van der Waals surface area contributed by atoms with Crippen molar-refractivity contribution in [2.75, 3.05) is 14.2 Å². The summed E-state index contributed by atoms with van der Waals surface area (Å²) in [5, 5.41) is 9.39. The molecule has 5 nitrogen and oxygen atoms in total. The summed E-state index contributed by atoms with van der Waals surface area (Å²) in [7, 11) is 3.04. The van der Waals surface area contributed by atoms with Crippen molar-refractivity contribution >= 4 is 0 Å². The van der Waals surface area contributed by atoms with Crippen molar-refractivity contribution < 1.29 is 19.0 Å². The van der Waals surface area contributed by atoms with Crippen LogP contribution in [0.15, 0.2) is 39.5 Å². The minimum atomic E-state index is -0.622. The highest BCUT2D eigenvalue weighted by Crippen LogP contribution is 2.33. The fraction of sp³-hybridized carbons (Fsp3) is 0.154. The Balaban J connectivity index is 2.59. The van der Waals surface area contributed by atoms with Crippen molar-refractivity contribution in [3.63, 3.8) is 0 Å². The van der Waals surface area contributed by atoms with E-state index < -0.39 is 5.63 Å². The summed E-state index contributed by atoms with van der Waals surface area (Å²) in [6.45, 7) is 0. The van der Waals surface area contributed by atoms with Crippen LogP contribution in [0.3, 0.4) is 0 Å². The van der Waals surface area contributed by atoms with Crippen LogP contribution >= 0.6 is 0 Å². The largest absolute Gasteiger partial charge is 0.508 e. The lowest BCUT2D eigenvalue weighted by Gasteiger charge is -2.09. The van der Waals surface area contributed by atoms with E-state index in [0.29, 0.717) is 17.1 Å². The Kier molecular flexibility index (Phi) is 3.23. The Morgan fingerprint density at radius 1 is 1.11 bits per heavy atom. The van der Waals surface area contributed by atoms with E-state index in [-0.39, 0.29) is 11.5 Å². The van der Waals surface area contributed by atoms with E-state index in [2.05, 4.69) is 0 Å². The van der Waals surface area contributed by atoms with Crippen LogP contribution < -0.4 is 15.1 Å². The quantitative estimate of drug-likeness (QED) is 0.900. The van der Waals surface area contributed by atoms with Crippen molar-refractivity contribution in [2.24, 2.45) is 0 Å². The molecule has 18 heavy (non-hydrogen) atoms. The molecular formula is C13H12O5. The Bertz CT molecular complexity index is 615. The Morgan fingerprint density at radius 2 is 1.89 bits per heavy atom. The van der Waals surface area contributed by atoms with Crippen LogP contribution in [0.25, 0.3) is 11.3 Å². The number of aromatic hydroxyl groups is 1. The van der Waals surface area contributed by atoms with E-state index >= 15 is 0 Å². The van der Waals surface area contributed by atoms with Crippen LogP contribution in [0.4, 0.5) is 0 Å². The first-order chi connectivity index (χ1) is 8.63. The van der Waals surface area contributed by atoms with E-state index in [1.54, 1.807) is 25.3 Å². The lowest BCUT2D eigenvalue weighted by Crippen LogP contribution is -1.97. The maximum absolute atomic E-state index is 11.2. The average Bonchev–Trinajstić information content (AvgIpc) is 2.36. The first-order valence-electron chi connectivity index (χ1n) is 5.20. The van der Waals surface area contributed by atoms with Gasteiger partial charge in [-0.3, -0.25) is 0 Å². The van der Waals surface area contributed by atoms with Crippen molar-refractivity contribution in [2.45, 2.75) is 0 Å². The van der Waals surface area contributed by atoms with E-state index in [4.69, 9.17) is 13.9 Å². The molecule has 0 unspecified atom stereocenters. The number of rotatable bonds is 3. The zero-order valence-electron chi connectivity index (χ0n) is 9.97. The van der Waals surface area contributed by atoms with Crippen LogP contribution in [0.2, 0.25) is 0 Å². The van der Waals surface area contributed by atoms with E-state index in [9.17, 15) is 9.90 Å². The molecular weight excluding hydrogens is 236 g/mol. The summed E-state index contributed by atoms with van der Waals surface area (Å²) in [4.78, 5) is 11.2. The Morgan fingerprint density at radius 3 is 2.50 bits per heavy atom. The number of benzene rings is 1. The third-order valence-corrected chi connectivity index (χ3v) is 2.43. The zero-order valence-corrected chi connectivity index (χ0v) is 9.97. The van der Waals surface area contributed by atoms with Gasteiger partial charge in [0.25, 0.3) is 0 Å². The molecule has 5 heteroatoms. The Labute approximate surface area is 103 Å². The van der Waals surface area contributed by atoms with Crippen LogP contribution in [-0.2, 0) is 0 Å². The summed E-state index contributed by atoms with van der Waals surface area (Å²) < 4.78 is 15.3. The van der Waals surface area contributed by atoms with Gasteiger partial charge in [0, 0.05) is 12.1 Å². The van der Waals surface area contributed by atoms with Gasteiger partial charge in [0.2, 0.25) is 0 Å². The zero-order chi connectivity index (χ0) is 13.1. The van der Waals surface area contributed by atoms with E-state index in [1.165, 1.54) is 13.2 Å². The highest BCUT2D eigenvalue weighted by atomic mass is 16.5. The van der Waals surface area contributed by atoms with Crippen LogP contribution in [0.1, 0.15) is 0 Å². The van der Waals surface area contributed by atoms with Crippen molar-refractivity contribution in [3.05, 3.63) is 40.8 Å². The van der Waals surface area contributed by atoms with Gasteiger partial charge in [0.1, 0.15) is 23.0 Å². The first kappa shape index (κ1) is 12.0. The molecule has 2 rings (SSSR count). The second-order valence-electron chi connectivity index (χ2n) is 3.57. The average molecular weight is 248 g/mol. The number of methoxy groups -OCH3 is 2. The topological polar surface area (TPSA) is 68.9 Å². The second kappa shape index (κ2) is 4.83. The highest BCUT2D eigenvalue weighted by molar-refractivity contribution is 5.67. The van der Waals surface area contributed by atoms with Gasteiger partial charge in [-0.1, -0.05) is 0 Å². The van der Waals surface area contributed by atoms with Gasteiger partial charge in [-0.2, -0.15) is 0 Å². The molecule has 0 atom stereocenters. The maximum atomic E-state index is 11.2. The predicted molar refractivity (Wildman–Crippen MR) is 65.2 cm³/mol. The minimum absolute atomic E-state index is 0.154. The van der Waals surface area contributed by atoms with Gasteiger partial charge in [-0.25, -0.2) is 4.79 Å². The SMILES string of the molecule is COc1ccc(-c2cc(O)cc(=O)o2)c(OC)c1. The van der Waals surface area contributed by atoms with Crippen molar-refractivity contribution in [3.8, 4) is 28.6 Å². The van der Waals surface area contributed by atoms with Gasteiger partial charge in [-0.15, -0.1) is 0 Å². The van der Waals surface area contributed by atoms with Gasteiger partial charge in [0.05, 0.1) is 25.8 Å². The van der Waals surface area contributed by atoms with Crippen molar-refractivity contribution in [1.82, 2.24) is 0 Å². The molecule has 0 aliphatic heterocycles. The normalized spacial score (nSPS) is 10.1. The molecule has 0 fully saturated rings. The molecule has 0 aliphatic carbocycles. The maximum Gasteiger partial charge on any atom is 0.339 e. The second-order valence-corrected chi connectivity index (χ2v) is 3.57. The summed E-state index contributed by atoms with van der Waals surface area (Å²) in [5.41, 5.74) is -0.0610. The van der Waals surface area contributed by atoms with E-state index in [1.807, 2.05) is 0 Å². The summed E-state index contributed by atoms with van der Waals surface area (Å²) >= 11 is 0. The summed E-state index contributed by atoms with van der Waals surface area (Å²) in [5.74, 6) is 1.19. The monoisotopic (exact) mass is 248 g/mol. The van der Waals surface area contributed by atoms with Crippen LogP contribution in [-0.4, -0.2) is 19.3 Å². The molecule has 0 spiro atoms. The molecule has 0 amide bonds. The Hall–Kier alpha value is -2.43. The van der Waals surface area contributed by atoms with Gasteiger partial charge >= 0.3 is 5.63 Å². The molecule has 1 heterocycles. The molecule has 1 N–H and O–H groups in total. The van der Waals surface area contributed by atoms with Gasteiger partial charge < -0.3 is 19.0 Å². The molecule has 0 saturated heterocycles. The molecule has 1 aromatic carbocycles. The molecule has 0 radical (unpaired) electrons. The molecule has 0 saturated carbocycles. The minimum Gasteiger partial charge on any atom is -0.508 e. The fourth-order valence-corrected chi connectivity index (χ4v) is 1.60. The third kappa shape index (κ3) is 2.29. The molecule has 0 aliphatic rings. The summed E-state index contributed by atoms with van der Waals surface area (Å²) in [6, 6.07) is 7.42. The summed E-state index contributed by atoms with van der Waals surface area (Å²) in [6.07, 6.45) is 0. The molecule has 1 aromatic heterocycles. The van der Waals surface area contributed by atoms with Crippen LogP contribution in [0, 0.1) is 0 Å². The third-order valence-electron chi connectivity index (χ3n) is 2.43. The number of ether oxygens (including phenoxy) is 2. The fourth-order valence-electron chi connectivity index (χ4n) is 1.60. The number of hydrogen-bond acceptors (Lipinski definition) is 5. The highest BCUT2D eigenvalue weighted by Gasteiger charge is 2.11. The molecule has 0 bridgehead atoms. The first-order valence-corrected chi connectivity index (χ1v) is 5.20. The smallest absolute Gasteiger partial charge is 0.339 e. The number of hydrogen-bond donors (Lipinski definition) is 1. The van der Waals surface area contributed by atoms with Crippen LogP contribution in [0.5, 0.6) is 17.2 Å². The molecule has 2 aromatic rings. The standard InChI is InChI=1S/C13H12O5/c1-16-9-3-4-10(11(7-9)17-2)12-5-8(14)6-13(15)18-12/h3-7,14H,1-2H3. The predicted octanol–water partition coefficient (Wildman–Crippen LogP) is 2.03. The van der Waals surface area contributed by atoms with Gasteiger partial charge in [0.15, 0.2) is 0 Å². The van der Waals surface area contributed by atoms with Crippen molar-refractivity contribution in [1.29, 1.82) is 0 Å². The lowest BCUT2D eigenvalue weighted by atomic mass is 10.1.